The van der Waals surface area contributed by atoms with Gasteiger partial charge in [0, 0.05) is 6.61 Å². The Morgan fingerprint density at radius 1 is 1.29 bits per heavy atom. The summed E-state index contributed by atoms with van der Waals surface area (Å²) in [5, 5.41) is 9.09. The number of hydrogen-bond acceptors (Lipinski definition) is 2. The topological polar surface area (TPSA) is 29.5 Å². The van der Waals surface area contributed by atoms with Crippen LogP contribution in [-0.2, 0) is 0 Å². The zero-order chi connectivity index (χ0) is 10.6. The maximum atomic E-state index is 9.09. The Morgan fingerprint density at radius 3 is 2.50 bits per heavy atom. The molecule has 2 nitrogen and oxygen atoms in total. The Bertz CT molecular complexity index is 283. The lowest BCUT2D eigenvalue weighted by molar-refractivity contribution is 0.219. The average Bonchev–Trinajstić information content (AvgIpc) is 2.26. The molecular formula is C12H18O2. The van der Waals surface area contributed by atoms with Crippen LogP contribution >= 0.6 is 0 Å². The van der Waals surface area contributed by atoms with Crippen molar-refractivity contribution >= 4 is 0 Å². The number of benzene rings is 1. The smallest absolute Gasteiger partial charge is 0.122 e. The van der Waals surface area contributed by atoms with E-state index in [1.54, 1.807) is 7.11 Å². The van der Waals surface area contributed by atoms with Gasteiger partial charge in [-0.05, 0) is 23.5 Å². The van der Waals surface area contributed by atoms with E-state index in [0.717, 1.165) is 11.3 Å². The second kappa shape index (κ2) is 5.01. The summed E-state index contributed by atoms with van der Waals surface area (Å²) in [7, 11) is 1.68. The first-order chi connectivity index (χ1) is 6.70. The molecule has 0 bridgehead atoms. The highest BCUT2D eigenvalue weighted by Crippen LogP contribution is 2.30. The SMILES string of the molecule is COc1ccccc1[C@H](C)C(C)CO. The Kier molecular flexibility index (Phi) is 3.96. The molecule has 0 aromatic heterocycles. The van der Waals surface area contributed by atoms with Crippen LogP contribution in [0.15, 0.2) is 24.3 Å². The lowest BCUT2D eigenvalue weighted by Gasteiger charge is -2.20. The number of rotatable bonds is 4. The minimum Gasteiger partial charge on any atom is -0.496 e. The lowest BCUT2D eigenvalue weighted by Crippen LogP contribution is -2.11. The van der Waals surface area contributed by atoms with Crippen LogP contribution in [0.2, 0.25) is 0 Å². The van der Waals surface area contributed by atoms with Crippen LogP contribution in [0.1, 0.15) is 25.3 Å². The second-order valence-electron chi connectivity index (χ2n) is 3.69. The summed E-state index contributed by atoms with van der Waals surface area (Å²) in [4.78, 5) is 0. The summed E-state index contributed by atoms with van der Waals surface area (Å²) in [6.45, 7) is 4.36. The molecule has 0 amide bonds. The van der Waals surface area contributed by atoms with Crippen molar-refractivity contribution in [3.63, 3.8) is 0 Å². The zero-order valence-electron chi connectivity index (χ0n) is 9.03. The predicted molar refractivity (Wildman–Crippen MR) is 57.7 cm³/mol. The first kappa shape index (κ1) is 11.1. The maximum Gasteiger partial charge on any atom is 0.122 e. The van der Waals surface area contributed by atoms with Crippen molar-refractivity contribution in [1.82, 2.24) is 0 Å². The van der Waals surface area contributed by atoms with Gasteiger partial charge in [-0.3, -0.25) is 0 Å². The highest BCUT2D eigenvalue weighted by atomic mass is 16.5. The highest BCUT2D eigenvalue weighted by molar-refractivity contribution is 5.36. The fourth-order valence-electron chi connectivity index (χ4n) is 1.51. The van der Waals surface area contributed by atoms with Gasteiger partial charge in [0.15, 0.2) is 0 Å². The van der Waals surface area contributed by atoms with Crippen LogP contribution < -0.4 is 4.74 Å². The molecule has 1 aromatic rings. The van der Waals surface area contributed by atoms with Gasteiger partial charge in [-0.15, -0.1) is 0 Å². The van der Waals surface area contributed by atoms with Crippen molar-refractivity contribution in [1.29, 1.82) is 0 Å². The summed E-state index contributed by atoms with van der Waals surface area (Å²) in [6.07, 6.45) is 0. The quantitative estimate of drug-likeness (QED) is 0.797. The summed E-state index contributed by atoms with van der Waals surface area (Å²) < 4.78 is 5.28. The van der Waals surface area contributed by atoms with Crippen molar-refractivity contribution in [2.75, 3.05) is 13.7 Å². The molecule has 0 fully saturated rings. The van der Waals surface area contributed by atoms with Gasteiger partial charge >= 0.3 is 0 Å². The van der Waals surface area contributed by atoms with Crippen LogP contribution in [0.25, 0.3) is 0 Å². The molecule has 1 aromatic carbocycles. The Morgan fingerprint density at radius 2 is 1.93 bits per heavy atom. The van der Waals surface area contributed by atoms with E-state index in [4.69, 9.17) is 9.84 Å². The molecule has 0 saturated carbocycles. The summed E-state index contributed by atoms with van der Waals surface area (Å²) in [5.41, 5.74) is 1.16. The van der Waals surface area contributed by atoms with Crippen molar-refractivity contribution in [3.8, 4) is 5.75 Å². The van der Waals surface area contributed by atoms with Gasteiger partial charge < -0.3 is 9.84 Å². The minimum absolute atomic E-state index is 0.208. The number of methoxy groups -OCH3 is 1. The minimum atomic E-state index is 0.208. The highest BCUT2D eigenvalue weighted by Gasteiger charge is 2.16. The molecule has 0 aliphatic rings. The fraction of sp³-hybridized carbons (Fsp3) is 0.500. The van der Waals surface area contributed by atoms with Gasteiger partial charge in [-0.1, -0.05) is 32.0 Å². The van der Waals surface area contributed by atoms with Crippen LogP contribution in [0.5, 0.6) is 5.75 Å². The van der Waals surface area contributed by atoms with Crippen molar-refractivity contribution in [2.24, 2.45) is 5.92 Å². The number of aliphatic hydroxyl groups is 1. The first-order valence-corrected chi connectivity index (χ1v) is 4.94. The molecule has 1 rings (SSSR count). The Labute approximate surface area is 85.5 Å². The number of para-hydroxylation sites is 1. The Hall–Kier alpha value is -1.02. The predicted octanol–water partition coefficient (Wildman–Crippen LogP) is 2.43. The standard InChI is InChI=1S/C12H18O2/c1-9(8-13)10(2)11-6-4-5-7-12(11)14-3/h4-7,9-10,13H,8H2,1-3H3/t9?,10-/m1/s1. The average molecular weight is 194 g/mol. The Balaban J connectivity index is 2.93. The third kappa shape index (κ3) is 2.26. The molecule has 1 unspecified atom stereocenters. The van der Waals surface area contributed by atoms with E-state index in [1.807, 2.05) is 25.1 Å². The monoisotopic (exact) mass is 194 g/mol. The molecule has 0 radical (unpaired) electrons. The number of hydrogen-bond donors (Lipinski definition) is 1. The normalized spacial score (nSPS) is 14.9. The van der Waals surface area contributed by atoms with Crippen LogP contribution in [0, 0.1) is 5.92 Å². The molecule has 0 aliphatic carbocycles. The summed E-state index contributed by atoms with van der Waals surface area (Å²) in [6, 6.07) is 7.96. The zero-order valence-corrected chi connectivity index (χ0v) is 9.03. The summed E-state index contributed by atoms with van der Waals surface area (Å²) >= 11 is 0. The number of ether oxygens (including phenoxy) is 1. The molecule has 2 heteroatoms. The maximum absolute atomic E-state index is 9.09. The van der Waals surface area contributed by atoms with E-state index in [0.29, 0.717) is 5.92 Å². The van der Waals surface area contributed by atoms with Crippen molar-refractivity contribution in [3.05, 3.63) is 29.8 Å². The van der Waals surface area contributed by atoms with Crippen molar-refractivity contribution in [2.45, 2.75) is 19.8 Å². The van der Waals surface area contributed by atoms with Crippen LogP contribution in [0.3, 0.4) is 0 Å². The molecule has 0 heterocycles. The van der Waals surface area contributed by atoms with E-state index in [9.17, 15) is 0 Å². The van der Waals surface area contributed by atoms with E-state index in [-0.39, 0.29) is 12.5 Å². The van der Waals surface area contributed by atoms with Crippen molar-refractivity contribution < 1.29 is 9.84 Å². The van der Waals surface area contributed by atoms with Crippen LogP contribution in [-0.4, -0.2) is 18.8 Å². The van der Waals surface area contributed by atoms with Crippen LogP contribution in [0.4, 0.5) is 0 Å². The van der Waals surface area contributed by atoms with Gasteiger partial charge in [0.05, 0.1) is 7.11 Å². The lowest BCUT2D eigenvalue weighted by atomic mass is 9.89. The molecule has 0 saturated heterocycles. The van der Waals surface area contributed by atoms with Gasteiger partial charge in [0.25, 0.3) is 0 Å². The van der Waals surface area contributed by atoms with Gasteiger partial charge in [0.2, 0.25) is 0 Å². The third-order valence-electron chi connectivity index (χ3n) is 2.77. The van der Waals surface area contributed by atoms with E-state index < -0.39 is 0 Å². The molecular weight excluding hydrogens is 176 g/mol. The molecule has 14 heavy (non-hydrogen) atoms. The van der Waals surface area contributed by atoms with E-state index >= 15 is 0 Å². The van der Waals surface area contributed by atoms with E-state index in [1.165, 1.54) is 0 Å². The van der Waals surface area contributed by atoms with E-state index in [2.05, 4.69) is 13.0 Å². The second-order valence-corrected chi connectivity index (χ2v) is 3.69. The van der Waals surface area contributed by atoms with Gasteiger partial charge in [-0.25, -0.2) is 0 Å². The fourth-order valence-corrected chi connectivity index (χ4v) is 1.51. The molecule has 78 valence electrons. The first-order valence-electron chi connectivity index (χ1n) is 4.94. The molecule has 2 atom stereocenters. The van der Waals surface area contributed by atoms with Gasteiger partial charge in [-0.2, -0.15) is 0 Å². The largest absolute Gasteiger partial charge is 0.496 e. The molecule has 0 aliphatic heterocycles. The summed E-state index contributed by atoms with van der Waals surface area (Å²) in [5.74, 6) is 1.47. The number of aliphatic hydroxyl groups excluding tert-OH is 1. The molecule has 1 N–H and O–H groups in total. The third-order valence-corrected chi connectivity index (χ3v) is 2.77. The molecule has 0 spiro atoms. The van der Waals surface area contributed by atoms with Gasteiger partial charge in [0.1, 0.15) is 5.75 Å².